The first-order valence-electron chi connectivity index (χ1n) is 6.47. The molecule has 1 aromatic carbocycles. The third kappa shape index (κ3) is 5.39. The Labute approximate surface area is 114 Å². The highest BCUT2D eigenvalue weighted by Crippen LogP contribution is 2.22. The number of nitrogens with two attached hydrogens (primary N) is 1. The summed E-state index contributed by atoms with van der Waals surface area (Å²) in [7, 11) is 1.64. The van der Waals surface area contributed by atoms with Crippen LogP contribution < -0.4 is 10.6 Å². The maximum absolute atomic E-state index is 13.1. The predicted octanol–water partition coefficient (Wildman–Crippen LogP) is 2.94. The summed E-state index contributed by atoms with van der Waals surface area (Å²) < 4.78 is 13.1. The molecule has 0 heterocycles. The molecule has 0 bridgehead atoms. The van der Waals surface area contributed by atoms with Gasteiger partial charge in [-0.1, -0.05) is 26.8 Å². The fourth-order valence-corrected chi connectivity index (χ4v) is 2.05. The molecule has 2 N–H and O–H groups in total. The van der Waals surface area contributed by atoms with E-state index in [1.54, 1.807) is 19.2 Å². The van der Waals surface area contributed by atoms with E-state index in [4.69, 9.17) is 5.73 Å². The van der Waals surface area contributed by atoms with Crippen LogP contribution in [0.2, 0.25) is 0 Å². The summed E-state index contributed by atoms with van der Waals surface area (Å²) in [5.41, 5.74) is 6.63. The van der Waals surface area contributed by atoms with Crippen LogP contribution in [0, 0.1) is 11.2 Å². The summed E-state index contributed by atoms with van der Waals surface area (Å²) in [5.74, 6) is -0.446. The average molecular weight is 266 g/mol. The second-order valence-electron chi connectivity index (χ2n) is 6.16. The molecule has 1 rings (SSSR count). The van der Waals surface area contributed by atoms with E-state index in [0.717, 1.165) is 6.42 Å². The van der Waals surface area contributed by atoms with Crippen LogP contribution in [0.25, 0.3) is 0 Å². The van der Waals surface area contributed by atoms with Gasteiger partial charge in [-0.3, -0.25) is 4.79 Å². The first-order chi connectivity index (χ1) is 8.69. The van der Waals surface area contributed by atoms with Crippen molar-refractivity contribution >= 4 is 11.6 Å². The van der Waals surface area contributed by atoms with Gasteiger partial charge in [0, 0.05) is 25.2 Å². The summed E-state index contributed by atoms with van der Waals surface area (Å²) in [4.78, 5) is 13.5. The van der Waals surface area contributed by atoms with Crippen LogP contribution in [0.1, 0.15) is 33.6 Å². The Balaban J connectivity index is 2.63. The van der Waals surface area contributed by atoms with Gasteiger partial charge in [-0.05, 0) is 30.0 Å². The first kappa shape index (κ1) is 15.6. The minimum Gasteiger partial charge on any atom is -0.327 e. The lowest BCUT2D eigenvalue weighted by Gasteiger charge is -2.25. The molecule has 0 aliphatic heterocycles. The van der Waals surface area contributed by atoms with Crippen LogP contribution in [-0.2, 0) is 4.79 Å². The molecule has 1 aromatic rings. The zero-order valence-corrected chi connectivity index (χ0v) is 12.1. The number of hydrogen-bond acceptors (Lipinski definition) is 2. The molecule has 0 radical (unpaired) electrons. The van der Waals surface area contributed by atoms with Crippen molar-refractivity contribution in [2.75, 3.05) is 11.9 Å². The van der Waals surface area contributed by atoms with E-state index >= 15 is 0 Å². The molecule has 0 aromatic heterocycles. The highest BCUT2D eigenvalue weighted by molar-refractivity contribution is 5.93. The zero-order chi connectivity index (χ0) is 14.6. The Morgan fingerprint density at radius 3 is 2.58 bits per heavy atom. The number of rotatable bonds is 4. The molecular weight excluding hydrogens is 243 g/mol. The minimum atomic E-state index is -0.351. The molecule has 0 aliphatic carbocycles. The number of hydrogen-bond donors (Lipinski definition) is 1. The first-order valence-corrected chi connectivity index (χ1v) is 6.47. The van der Waals surface area contributed by atoms with Crippen molar-refractivity contribution in [1.29, 1.82) is 0 Å². The van der Waals surface area contributed by atoms with Gasteiger partial charge in [0.15, 0.2) is 0 Å². The number of benzene rings is 1. The van der Waals surface area contributed by atoms with Gasteiger partial charge in [-0.2, -0.15) is 0 Å². The molecule has 1 atom stereocenters. The Morgan fingerprint density at radius 1 is 1.42 bits per heavy atom. The van der Waals surface area contributed by atoms with E-state index in [0.29, 0.717) is 5.69 Å². The van der Waals surface area contributed by atoms with Crippen LogP contribution in [0.4, 0.5) is 10.1 Å². The Hall–Kier alpha value is -1.42. The Morgan fingerprint density at radius 2 is 2.05 bits per heavy atom. The van der Waals surface area contributed by atoms with Crippen molar-refractivity contribution in [3.05, 3.63) is 30.1 Å². The zero-order valence-electron chi connectivity index (χ0n) is 12.1. The van der Waals surface area contributed by atoms with E-state index in [1.807, 2.05) is 0 Å². The number of carbonyl (C=O) groups is 1. The summed E-state index contributed by atoms with van der Waals surface area (Å²) >= 11 is 0. The second-order valence-corrected chi connectivity index (χ2v) is 6.16. The van der Waals surface area contributed by atoms with Crippen molar-refractivity contribution in [2.45, 2.75) is 39.7 Å². The SMILES string of the molecule is CN(C(=O)CC(N)CC(C)(C)C)c1cccc(F)c1. The second kappa shape index (κ2) is 6.15. The number of halogens is 1. The highest BCUT2D eigenvalue weighted by Gasteiger charge is 2.20. The minimum absolute atomic E-state index is 0.0944. The van der Waals surface area contributed by atoms with E-state index in [-0.39, 0.29) is 29.6 Å². The van der Waals surface area contributed by atoms with Crippen LogP contribution >= 0.6 is 0 Å². The summed E-state index contributed by atoms with van der Waals surface area (Å²) in [6.45, 7) is 6.27. The van der Waals surface area contributed by atoms with Gasteiger partial charge < -0.3 is 10.6 Å². The number of nitrogens with zero attached hydrogens (tertiary/aromatic N) is 1. The van der Waals surface area contributed by atoms with Gasteiger partial charge in [-0.25, -0.2) is 4.39 Å². The van der Waals surface area contributed by atoms with Crippen LogP contribution in [-0.4, -0.2) is 19.0 Å². The van der Waals surface area contributed by atoms with E-state index in [1.165, 1.54) is 17.0 Å². The van der Waals surface area contributed by atoms with Crippen molar-refractivity contribution in [3.63, 3.8) is 0 Å². The molecule has 0 spiro atoms. The van der Waals surface area contributed by atoms with Crippen LogP contribution in [0.15, 0.2) is 24.3 Å². The Bertz CT molecular complexity index is 440. The molecule has 1 amide bonds. The van der Waals surface area contributed by atoms with Crippen molar-refractivity contribution < 1.29 is 9.18 Å². The van der Waals surface area contributed by atoms with E-state index in [2.05, 4.69) is 20.8 Å². The fourth-order valence-electron chi connectivity index (χ4n) is 2.05. The molecule has 19 heavy (non-hydrogen) atoms. The van der Waals surface area contributed by atoms with Gasteiger partial charge in [0.05, 0.1) is 0 Å². The average Bonchev–Trinajstić information content (AvgIpc) is 2.25. The van der Waals surface area contributed by atoms with Crippen molar-refractivity contribution in [2.24, 2.45) is 11.1 Å². The third-order valence-corrected chi connectivity index (χ3v) is 2.88. The highest BCUT2D eigenvalue weighted by atomic mass is 19.1. The number of anilines is 1. The molecule has 0 saturated heterocycles. The summed E-state index contributed by atoms with van der Waals surface area (Å²) in [6, 6.07) is 5.81. The molecular formula is C15H23FN2O. The topological polar surface area (TPSA) is 46.3 Å². The third-order valence-electron chi connectivity index (χ3n) is 2.88. The van der Waals surface area contributed by atoms with Gasteiger partial charge in [0.2, 0.25) is 5.91 Å². The van der Waals surface area contributed by atoms with Gasteiger partial charge >= 0.3 is 0 Å². The largest absolute Gasteiger partial charge is 0.327 e. The molecule has 0 saturated carbocycles. The predicted molar refractivity (Wildman–Crippen MR) is 76.5 cm³/mol. The van der Waals surface area contributed by atoms with Crippen molar-refractivity contribution in [1.82, 2.24) is 0 Å². The quantitative estimate of drug-likeness (QED) is 0.910. The van der Waals surface area contributed by atoms with Crippen LogP contribution in [0.3, 0.4) is 0 Å². The normalized spacial score (nSPS) is 13.2. The molecule has 4 heteroatoms. The lowest BCUT2D eigenvalue weighted by molar-refractivity contribution is -0.118. The summed E-state index contributed by atoms with van der Waals surface area (Å²) in [5, 5.41) is 0. The molecule has 1 unspecified atom stereocenters. The number of carbonyl (C=O) groups excluding carboxylic acids is 1. The lowest BCUT2D eigenvalue weighted by Crippen LogP contribution is -2.35. The molecule has 0 fully saturated rings. The van der Waals surface area contributed by atoms with Gasteiger partial charge in [0.1, 0.15) is 5.82 Å². The Kier molecular flexibility index (Phi) is 5.06. The molecule has 0 aliphatic rings. The molecule has 106 valence electrons. The molecule has 3 nitrogen and oxygen atoms in total. The standard InChI is InChI=1S/C15H23FN2O/c1-15(2,3)10-12(17)9-14(19)18(4)13-7-5-6-11(16)8-13/h5-8,12H,9-10,17H2,1-4H3. The van der Waals surface area contributed by atoms with E-state index < -0.39 is 0 Å². The monoisotopic (exact) mass is 266 g/mol. The fraction of sp³-hybridized carbons (Fsp3) is 0.533. The van der Waals surface area contributed by atoms with Crippen molar-refractivity contribution in [3.8, 4) is 0 Å². The van der Waals surface area contributed by atoms with Gasteiger partial charge in [-0.15, -0.1) is 0 Å². The summed E-state index contributed by atoms with van der Waals surface area (Å²) in [6.07, 6.45) is 1.04. The maximum Gasteiger partial charge on any atom is 0.228 e. The van der Waals surface area contributed by atoms with Gasteiger partial charge in [0.25, 0.3) is 0 Å². The smallest absolute Gasteiger partial charge is 0.228 e. The maximum atomic E-state index is 13.1. The van der Waals surface area contributed by atoms with E-state index in [9.17, 15) is 9.18 Å². The number of amides is 1. The lowest BCUT2D eigenvalue weighted by atomic mass is 9.87. The van der Waals surface area contributed by atoms with Crippen LogP contribution in [0.5, 0.6) is 0 Å².